The maximum absolute atomic E-state index is 13.5. The Kier molecular flexibility index (Phi) is 3.63. The quantitative estimate of drug-likeness (QED) is 0.782. The molecule has 0 aliphatic carbocycles. The monoisotopic (exact) mass is 317 g/mol. The fraction of sp³-hybridized carbons (Fsp3) is 0.312. The number of hydrogen-bond donors (Lipinski definition) is 0. The summed E-state index contributed by atoms with van der Waals surface area (Å²) in [6.07, 6.45) is 1.25. The Balaban J connectivity index is 2.05. The van der Waals surface area contributed by atoms with Crippen molar-refractivity contribution in [1.82, 2.24) is 4.90 Å². The number of fused-ring (bicyclic) bond motifs is 3. The molecule has 0 atom stereocenters. The second-order valence-electron chi connectivity index (χ2n) is 5.62. The van der Waals surface area contributed by atoms with Crippen molar-refractivity contribution in [3.8, 4) is 0 Å². The van der Waals surface area contributed by atoms with Crippen molar-refractivity contribution in [3.63, 3.8) is 0 Å². The van der Waals surface area contributed by atoms with E-state index in [2.05, 4.69) is 4.99 Å². The largest absolute Gasteiger partial charge is 0.458 e. The molecule has 6 nitrogen and oxygen atoms in total. The van der Waals surface area contributed by atoms with Crippen molar-refractivity contribution >= 4 is 23.3 Å². The average molecular weight is 317 g/mol. The van der Waals surface area contributed by atoms with Crippen molar-refractivity contribution in [2.75, 3.05) is 18.6 Å². The summed E-state index contributed by atoms with van der Waals surface area (Å²) in [5, 5.41) is 0. The highest BCUT2D eigenvalue weighted by Gasteiger charge is 2.35. The highest BCUT2D eigenvalue weighted by Crippen LogP contribution is 2.32. The Morgan fingerprint density at radius 2 is 2.13 bits per heavy atom. The molecule has 0 spiro atoms. The number of rotatable bonds is 2. The normalized spacial score (nSPS) is 16.7. The molecule has 0 saturated heterocycles. The molecule has 2 aliphatic rings. The Morgan fingerprint density at radius 3 is 2.83 bits per heavy atom. The second-order valence-corrected chi connectivity index (χ2v) is 5.62. The van der Waals surface area contributed by atoms with E-state index in [0.29, 0.717) is 11.4 Å². The van der Waals surface area contributed by atoms with Gasteiger partial charge < -0.3 is 14.5 Å². The number of ether oxygens (including phenoxy) is 1. The predicted molar refractivity (Wildman–Crippen MR) is 82.6 cm³/mol. The van der Waals surface area contributed by atoms with E-state index < -0.39 is 11.8 Å². The fourth-order valence-electron chi connectivity index (χ4n) is 2.55. The molecule has 2 aliphatic heterocycles. The van der Waals surface area contributed by atoms with Crippen LogP contribution in [0.1, 0.15) is 24.2 Å². The van der Waals surface area contributed by atoms with Gasteiger partial charge in [0.25, 0.3) is 5.91 Å². The molecule has 1 aromatic rings. The molecule has 0 radical (unpaired) electrons. The molecule has 0 aromatic heterocycles. The average Bonchev–Trinajstić information content (AvgIpc) is 2.85. The van der Waals surface area contributed by atoms with Gasteiger partial charge in [0.2, 0.25) is 0 Å². The van der Waals surface area contributed by atoms with E-state index >= 15 is 0 Å². The van der Waals surface area contributed by atoms with Crippen LogP contribution in [0, 0.1) is 5.82 Å². The highest BCUT2D eigenvalue weighted by atomic mass is 19.1. The summed E-state index contributed by atoms with van der Waals surface area (Å²) in [6, 6.07) is 3.98. The summed E-state index contributed by atoms with van der Waals surface area (Å²) < 4.78 is 18.7. The lowest BCUT2D eigenvalue weighted by molar-refractivity contribution is -0.138. The maximum atomic E-state index is 13.5. The van der Waals surface area contributed by atoms with Crippen LogP contribution < -0.4 is 4.90 Å². The zero-order valence-corrected chi connectivity index (χ0v) is 13.0. The SMILES string of the molecule is CC(C)OC(=O)C1=NCN2C1=CN(C)C(=O)c1cc(F)ccc12. The number of carbonyl (C=O) groups excluding carboxylic acids is 2. The van der Waals surface area contributed by atoms with Crippen LogP contribution in [-0.2, 0) is 9.53 Å². The van der Waals surface area contributed by atoms with E-state index in [1.54, 1.807) is 25.8 Å². The Hall–Kier alpha value is -2.70. The van der Waals surface area contributed by atoms with E-state index in [0.717, 1.165) is 0 Å². The zero-order valence-electron chi connectivity index (χ0n) is 13.0. The molecule has 7 heteroatoms. The van der Waals surface area contributed by atoms with Gasteiger partial charge in [0.1, 0.15) is 12.5 Å². The molecule has 0 unspecified atom stereocenters. The summed E-state index contributed by atoms with van der Waals surface area (Å²) in [4.78, 5) is 31.8. The Bertz CT molecular complexity index is 755. The van der Waals surface area contributed by atoms with Gasteiger partial charge in [0, 0.05) is 13.2 Å². The molecule has 0 bridgehead atoms. The number of anilines is 1. The minimum absolute atomic E-state index is 0.163. The van der Waals surface area contributed by atoms with E-state index in [-0.39, 0.29) is 30.0 Å². The number of nitrogens with zero attached hydrogens (tertiary/aromatic N) is 3. The molecular formula is C16H16FN3O3. The summed E-state index contributed by atoms with van der Waals surface area (Å²) in [6.45, 7) is 3.68. The van der Waals surface area contributed by atoms with Crippen LogP contribution in [-0.4, -0.2) is 42.3 Å². The number of esters is 1. The van der Waals surface area contributed by atoms with Crippen LogP contribution in [0.15, 0.2) is 35.1 Å². The maximum Gasteiger partial charge on any atom is 0.359 e. The number of benzene rings is 1. The standard InChI is InChI=1S/C16H16FN3O3/c1-9(2)23-16(22)14-13-7-19(3)15(21)11-6-10(17)4-5-12(11)20(13)8-18-14/h4-7,9H,8H2,1-3H3. The Morgan fingerprint density at radius 1 is 1.39 bits per heavy atom. The fourth-order valence-corrected chi connectivity index (χ4v) is 2.55. The van der Waals surface area contributed by atoms with Gasteiger partial charge in [-0.1, -0.05) is 0 Å². The van der Waals surface area contributed by atoms with Gasteiger partial charge in [-0.15, -0.1) is 0 Å². The molecule has 0 N–H and O–H groups in total. The lowest BCUT2D eigenvalue weighted by Gasteiger charge is -2.19. The van der Waals surface area contributed by atoms with E-state index in [9.17, 15) is 14.0 Å². The summed E-state index contributed by atoms with van der Waals surface area (Å²) >= 11 is 0. The summed E-state index contributed by atoms with van der Waals surface area (Å²) in [5.74, 6) is -1.38. The van der Waals surface area contributed by atoms with Gasteiger partial charge in [0.05, 0.1) is 23.1 Å². The predicted octanol–water partition coefficient (Wildman–Crippen LogP) is 1.92. The van der Waals surface area contributed by atoms with Crippen molar-refractivity contribution < 1.29 is 18.7 Å². The first-order chi connectivity index (χ1) is 10.9. The van der Waals surface area contributed by atoms with E-state index in [1.807, 2.05) is 0 Å². The third-order valence-electron chi connectivity index (χ3n) is 3.56. The number of hydrogen-bond acceptors (Lipinski definition) is 5. The molecule has 1 amide bonds. The second kappa shape index (κ2) is 5.49. The van der Waals surface area contributed by atoms with Gasteiger partial charge in [-0.05, 0) is 32.0 Å². The van der Waals surface area contributed by atoms with Gasteiger partial charge in [-0.25, -0.2) is 9.18 Å². The third kappa shape index (κ3) is 2.58. The molecule has 1 aromatic carbocycles. The Labute approximate surface area is 132 Å². The minimum atomic E-state index is -0.542. The van der Waals surface area contributed by atoms with Crippen molar-refractivity contribution in [1.29, 1.82) is 0 Å². The first kappa shape index (κ1) is 15.2. The van der Waals surface area contributed by atoms with Gasteiger partial charge in [-0.3, -0.25) is 9.79 Å². The number of aliphatic imine (C=N–C) groups is 1. The van der Waals surface area contributed by atoms with Gasteiger partial charge in [-0.2, -0.15) is 0 Å². The first-order valence-corrected chi connectivity index (χ1v) is 7.20. The number of halogens is 1. The molecular weight excluding hydrogens is 301 g/mol. The highest BCUT2D eigenvalue weighted by molar-refractivity contribution is 6.45. The van der Waals surface area contributed by atoms with Gasteiger partial charge in [0.15, 0.2) is 5.71 Å². The first-order valence-electron chi connectivity index (χ1n) is 7.20. The lowest BCUT2D eigenvalue weighted by Crippen LogP contribution is -2.27. The van der Waals surface area contributed by atoms with E-state index in [1.165, 1.54) is 29.3 Å². The number of carbonyl (C=O) groups is 2. The van der Waals surface area contributed by atoms with E-state index in [4.69, 9.17) is 4.74 Å². The summed E-state index contributed by atoms with van der Waals surface area (Å²) in [7, 11) is 1.55. The molecule has 2 heterocycles. The van der Waals surface area contributed by atoms with Crippen LogP contribution in [0.4, 0.5) is 10.1 Å². The molecule has 0 fully saturated rings. The van der Waals surface area contributed by atoms with Crippen LogP contribution >= 0.6 is 0 Å². The van der Waals surface area contributed by atoms with Crippen LogP contribution in [0.3, 0.4) is 0 Å². The van der Waals surface area contributed by atoms with Gasteiger partial charge >= 0.3 is 5.97 Å². The van der Waals surface area contributed by atoms with Crippen molar-refractivity contribution in [3.05, 3.63) is 41.5 Å². The van der Waals surface area contributed by atoms with Crippen LogP contribution in [0.2, 0.25) is 0 Å². The minimum Gasteiger partial charge on any atom is -0.458 e. The van der Waals surface area contributed by atoms with Crippen molar-refractivity contribution in [2.45, 2.75) is 20.0 Å². The van der Waals surface area contributed by atoms with Crippen LogP contribution in [0.25, 0.3) is 0 Å². The van der Waals surface area contributed by atoms with Crippen molar-refractivity contribution in [2.24, 2.45) is 4.99 Å². The topological polar surface area (TPSA) is 62.2 Å². The smallest absolute Gasteiger partial charge is 0.359 e. The molecule has 23 heavy (non-hydrogen) atoms. The molecule has 0 saturated carbocycles. The van der Waals surface area contributed by atoms with Crippen LogP contribution in [0.5, 0.6) is 0 Å². The lowest BCUT2D eigenvalue weighted by atomic mass is 10.1. The zero-order chi connectivity index (χ0) is 16.7. The third-order valence-corrected chi connectivity index (χ3v) is 3.56. The number of amides is 1. The molecule has 120 valence electrons. The molecule has 3 rings (SSSR count). The summed E-state index contributed by atoms with van der Waals surface area (Å²) in [5.41, 5.74) is 1.38.